The monoisotopic (exact) mass is 205 g/mol. The third-order valence-corrected chi connectivity index (χ3v) is 2.65. The summed E-state index contributed by atoms with van der Waals surface area (Å²) in [7, 11) is 1.90. The molecule has 2 aliphatic heterocycles. The van der Waals surface area contributed by atoms with Crippen LogP contribution < -0.4 is 16.0 Å². The average molecular weight is 205 g/mol. The summed E-state index contributed by atoms with van der Waals surface area (Å²) < 4.78 is 0. The van der Waals surface area contributed by atoms with Crippen LogP contribution in [0.3, 0.4) is 0 Å². The third kappa shape index (κ3) is 1.94. The summed E-state index contributed by atoms with van der Waals surface area (Å²) in [4.78, 5) is 11.7. The quantitative estimate of drug-likeness (QED) is 0.589. The van der Waals surface area contributed by atoms with Gasteiger partial charge < -0.3 is 16.0 Å². The topological polar surface area (TPSA) is 53.2 Å². The van der Waals surface area contributed by atoms with Gasteiger partial charge in [0.25, 0.3) is 0 Å². The molecule has 0 spiro atoms. The minimum atomic E-state index is -0.172. The Bertz CT molecular complexity index is 344. The second-order valence-corrected chi connectivity index (χ2v) is 3.67. The maximum Gasteiger partial charge on any atom is 0.247 e. The number of fused-ring (bicyclic) bond motifs is 1. The Morgan fingerprint density at radius 2 is 2.33 bits per heavy atom. The van der Waals surface area contributed by atoms with Crippen molar-refractivity contribution in [3.63, 3.8) is 0 Å². The smallest absolute Gasteiger partial charge is 0.247 e. The number of likely N-dealkylation sites (N-methyl/N-ethyl adjacent to an activating group) is 1. The lowest BCUT2D eigenvalue weighted by Crippen LogP contribution is -2.42. The number of amides is 1. The standard InChI is InChI=1S/C11H15N3O/c1-12-6-8-7-14-10-9(8)4-2-3-5-13-11(10)15/h2-5,7,9-10,12,14H,6H2,1H3,(H,13,15)/b4-2+,5-3+. The molecule has 0 fully saturated rings. The first-order chi connectivity index (χ1) is 7.33. The summed E-state index contributed by atoms with van der Waals surface area (Å²) in [6.07, 6.45) is 9.45. The van der Waals surface area contributed by atoms with Gasteiger partial charge >= 0.3 is 0 Å². The molecule has 0 aromatic carbocycles. The molecule has 4 nitrogen and oxygen atoms in total. The molecule has 2 heterocycles. The first-order valence-electron chi connectivity index (χ1n) is 5.06. The van der Waals surface area contributed by atoms with Crippen LogP contribution in [0.4, 0.5) is 0 Å². The minimum absolute atomic E-state index is 0.0166. The van der Waals surface area contributed by atoms with Crippen molar-refractivity contribution in [2.75, 3.05) is 13.6 Å². The van der Waals surface area contributed by atoms with Gasteiger partial charge in [0.05, 0.1) is 0 Å². The van der Waals surface area contributed by atoms with Crippen molar-refractivity contribution < 1.29 is 4.79 Å². The van der Waals surface area contributed by atoms with Gasteiger partial charge in [-0.3, -0.25) is 4.79 Å². The molecule has 0 aromatic heterocycles. The second kappa shape index (κ2) is 4.31. The highest BCUT2D eigenvalue weighted by Crippen LogP contribution is 2.23. The molecule has 2 unspecified atom stereocenters. The van der Waals surface area contributed by atoms with E-state index in [-0.39, 0.29) is 17.9 Å². The molecule has 3 N–H and O–H groups in total. The molecular weight excluding hydrogens is 190 g/mol. The lowest BCUT2D eigenvalue weighted by atomic mass is 9.93. The van der Waals surface area contributed by atoms with Gasteiger partial charge in [-0.15, -0.1) is 0 Å². The van der Waals surface area contributed by atoms with E-state index in [1.165, 1.54) is 5.57 Å². The van der Waals surface area contributed by atoms with Crippen molar-refractivity contribution in [1.82, 2.24) is 16.0 Å². The largest absolute Gasteiger partial charge is 0.379 e. The van der Waals surface area contributed by atoms with E-state index in [1.54, 1.807) is 6.20 Å². The fraction of sp³-hybridized carbons (Fsp3) is 0.364. The first-order valence-corrected chi connectivity index (χ1v) is 5.06. The Hall–Kier alpha value is -1.55. The van der Waals surface area contributed by atoms with Gasteiger partial charge in [0.2, 0.25) is 5.91 Å². The number of carbonyl (C=O) groups excluding carboxylic acids is 1. The normalized spacial score (nSPS) is 32.9. The fourth-order valence-corrected chi connectivity index (χ4v) is 1.92. The summed E-state index contributed by atoms with van der Waals surface area (Å²) in [6, 6.07) is -0.172. The van der Waals surface area contributed by atoms with Gasteiger partial charge in [-0.25, -0.2) is 0 Å². The zero-order valence-electron chi connectivity index (χ0n) is 8.66. The third-order valence-electron chi connectivity index (χ3n) is 2.65. The highest BCUT2D eigenvalue weighted by Gasteiger charge is 2.32. The number of nitrogens with one attached hydrogen (secondary N) is 3. The minimum Gasteiger partial charge on any atom is -0.379 e. The van der Waals surface area contributed by atoms with Crippen LogP contribution in [-0.2, 0) is 4.79 Å². The SMILES string of the molecule is CNCC1=CNC2C(=O)N/C=C/C=C/C12. The summed E-state index contributed by atoms with van der Waals surface area (Å²) in [5, 5.41) is 8.95. The highest BCUT2D eigenvalue weighted by atomic mass is 16.2. The van der Waals surface area contributed by atoms with E-state index >= 15 is 0 Å². The highest BCUT2D eigenvalue weighted by molar-refractivity contribution is 5.84. The van der Waals surface area contributed by atoms with E-state index in [4.69, 9.17) is 0 Å². The Morgan fingerprint density at radius 1 is 1.47 bits per heavy atom. The van der Waals surface area contributed by atoms with E-state index < -0.39 is 0 Å². The van der Waals surface area contributed by atoms with Crippen molar-refractivity contribution in [2.24, 2.45) is 5.92 Å². The molecule has 2 rings (SSSR count). The molecule has 0 aliphatic carbocycles. The van der Waals surface area contributed by atoms with Gasteiger partial charge in [-0.05, 0) is 24.9 Å². The fourth-order valence-electron chi connectivity index (χ4n) is 1.92. The van der Waals surface area contributed by atoms with Crippen LogP contribution in [0.25, 0.3) is 0 Å². The maximum absolute atomic E-state index is 11.7. The first kappa shape index (κ1) is 9.98. The van der Waals surface area contributed by atoms with Gasteiger partial charge in [0.15, 0.2) is 0 Å². The van der Waals surface area contributed by atoms with Crippen molar-refractivity contribution >= 4 is 5.91 Å². The summed E-state index contributed by atoms with van der Waals surface area (Å²) >= 11 is 0. The number of rotatable bonds is 2. The zero-order chi connectivity index (χ0) is 10.7. The molecule has 1 amide bonds. The van der Waals surface area contributed by atoms with Gasteiger partial charge in [-0.1, -0.05) is 12.2 Å². The van der Waals surface area contributed by atoms with Crippen molar-refractivity contribution in [2.45, 2.75) is 6.04 Å². The molecule has 4 heteroatoms. The van der Waals surface area contributed by atoms with Gasteiger partial charge in [-0.2, -0.15) is 0 Å². The average Bonchev–Trinajstić information content (AvgIpc) is 2.58. The van der Waals surface area contributed by atoms with Crippen LogP contribution >= 0.6 is 0 Å². The van der Waals surface area contributed by atoms with Crippen molar-refractivity contribution in [3.8, 4) is 0 Å². The van der Waals surface area contributed by atoms with Crippen LogP contribution in [0.2, 0.25) is 0 Å². The van der Waals surface area contributed by atoms with Gasteiger partial charge in [0, 0.05) is 18.7 Å². The Kier molecular flexibility index (Phi) is 2.87. The van der Waals surface area contributed by atoms with Crippen molar-refractivity contribution in [3.05, 3.63) is 36.2 Å². The molecule has 2 aliphatic rings. The number of hydrogen-bond acceptors (Lipinski definition) is 3. The Labute approximate surface area is 89.1 Å². The predicted molar refractivity (Wildman–Crippen MR) is 58.8 cm³/mol. The molecular formula is C11H15N3O. The zero-order valence-corrected chi connectivity index (χ0v) is 8.66. The van der Waals surface area contributed by atoms with E-state index in [1.807, 2.05) is 25.4 Å². The molecule has 0 radical (unpaired) electrons. The Balaban J connectivity index is 2.19. The molecule has 0 saturated carbocycles. The van der Waals surface area contributed by atoms with Gasteiger partial charge in [0.1, 0.15) is 6.04 Å². The second-order valence-electron chi connectivity index (χ2n) is 3.67. The summed E-state index contributed by atoms with van der Waals surface area (Å²) in [5.41, 5.74) is 1.21. The molecule has 80 valence electrons. The van der Waals surface area contributed by atoms with Crippen LogP contribution in [0.1, 0.15) is 0 Å². The molecule has 2 atom stereocenters. The molecule has 0 saturated heterocycles. The van der Waals surface area contributed by atoms with E-state index in [9.17, 15) is 4.79 Å². The number of hydrogen-bond donors (Lipinski definition) is 3. The van der Waals surface area contributed by atoms with E-state index in [0.29, 0.717) is 0 Å². The van der Waals surface area contributed by atoms with E-state index in [2.05, 4.69) is 22.0 Å². The van der Waals surface area contributed by atoms with Crippen molar-refractivity contribution in [1.29, 1.82) is 0 Å². The number of allylic oxidation sites excluding steroid dienone is 2. The van der Waals surface area contributed by atoms with Crippen LogP contribution in [0, 0.1) is 5.92 Å². The Morgan fingerprint density at radius 3 is 3.13 bits per heavy atom. The lowest BCUT2D eigenvalue weighted by molar-refractivity contribution is -0.122. The molecule has 0 bridgehead atoms. The van der Waals surface area contributed by atoms with Crippen LogP contribution in [0.15, 0.2) is 36.2 Å². The summed E-state index contributed by atoms with van der Waals surface area (Å²) in [5.74, 6) is 0.172. The van der Waals surface area contributed by atoms with Crippen LogP contribution in [0.5, 0.6) is 0 Å². The lowest BCUT2D eigenvalue weighted by Gasteiger charge is -2.19. The predicted octanol–water partition coefficient (Wildman–Crippen LogP) is -0.123. The number of carbonyl (C=O) groups is 1. The molecule has 15 heavy (non-hydrogen) atoms. The van der Waals surface area contributed by atoms with Crippen LogP contribution in [-0.4, -0.2) is 25.5 Å². The summed E-state index contributed by atoms with van der Waals surface area (Å²) in [6.45, 7) is 0.801. The molecule has 0 aromatic rings. The maximum atomic E-state index is 11.7. The van der Waals surface area contributed by atoms with E-state index in [0.717, 1.165) is 6.54 Å².